The number of terminal acetylenes is 1. The van der Waals surface area contributed by atoms with E-state index in [0.717, 1.165) is 83.5 Å². The smallest absolute Gasteiger partial charge is 0.357 e. The first-order valence-electron chi connectivity index (χ1n) is 14.0. The fraction of sp³-hybridized carbons (Fsp3) is 0.312. The van der Waals surface area contributed by atoms with Crippen LogP contribution in [0.5, 0.6) is 5.75 Å². The molecule has 210 valence electrons. The molecule has 2 aromatic carbocycles. The lowest BCUT2D eigenvalue weighted by atomic mass is 9.92. The topological polar surface area (TPSA) is 94.1 Å². The van der Waals surface area contributed by atoms with Gasteiger partial charge in [-0.1, -0.05) is 48.5 Å². The van der Waals surface area contributed by atoms with Gasteiger partial charge in [0, 0.05) is 39.7 Å². The molecule has 0 amide bonds. The van der Waals surface area contributed by atoms with Crippen LogP contribution in [-0.2, 0) is 16.9 Å². The van der Waals surface area contributed by atoms with Crippen molar-refractivity contribution in [3.8, 4) is 29.2 Å². The van der Waals surface area contributed by atoms with Gasteiger partial charge in [0.2, 0.25) is 0 Å². The fourth-order valence-corrected chi connectivity index (χ4v) is 6.56. The van der Waals surface area contributed by atoms with Crippen LogP contribution >= 0.6 is 0 Å². The van der Waals surface area contributed by atoms with Gasteiger partial charge in [0.05, 0.1) is 17.1 Å². The van der Waals surface area contributed by atoms with E-state index >= 15 is 0 Å². The monoisotopic (exact) mass is 571 g/mol. The molecule has 1 saturated carbocycles. The van der Waals surface area contributed by atoms with E-state index in [0.29, 0.717) is 22.8 Å². The molecule has 1 aliphatic rings. The Kier molecular flexibility index (Phi) is 7.04. The molecule has 1 N–H and O–H groups in total. The molecule has 3 heterocycles. The molecule has 5 aromatic rings. The summed E-state index contributed by atoms with van der Waals surface area (Å²) in [4.78, 5) is 21.9. The first-order valence-corrected chi connectivity index (χ1v) is 15.3. The van der Waals surface area contributed by atoms with Crippen LogP contribution in [0.3, 0.4) is 0 Å². The number of pyridine rings is 2. The van der Waals surface area contributed by atoms with Crippen LogP contribution in [-0.4, -0.2) is 23.0 Å². The minimum Gasteiger partial charge on any atom is -0.357 e. The van der Waals surface area contributed by atoms with Crippen LogP contribution in [0.25, 0.3) is 44.0 Å². The molecule has 9 heteroatoms. The van der Waals surface area contributed by atoms with Crippen molar-refractivity contribution >= 4 is 43.3 Å². The molecule has 0 spiro atoms. The number of halogens is 1. The third-order valence-corrected chi connectivity index (χ3v) is 8.49. The summed E-state index contributed by atoms with van der Waals surface area (Å²) >= 11 is 0. The van der Waals surface area contributed by atoms with Crippen LogP contribution in [0.2, 0.25) is 0 Å². The maximum atomic E-state index is 14.2. The lowest BCUT2D eigenvalue weighted by Gasteiger charge is -2.28. The molecule has 0 radical (unpaired) electrons. The minimum absolute atomic E-state index is 0.0511. The van der Waals surface area contributed by atoms with E-state index in [2.05, 4.69) is 31.6 Å². The van der Waals surface area contributed by atoms with Crippen molar-refractivity contribution in [3.05, 3.63) is 70.1 Å². The van der Waals surface area contributed by atoms with Gasteiger partial charge in [-0.3, -0.25) is 9.78 Å². The first kappa shape index (κ1) is 27.0. The van der Waals surface area contributed by atoms with Crippen LogP contribution in [0.15, 0.2) is 53.6 Å². The number of H-pyrrole nitrogens is 1. The van der Waals surface area contributed by atoms with Gasteiger partial charge in [-0.05, 0) is 67.1 Å². The summed E-state index contributed by atoms with van der Waals surface area (Å²) in [5.41, 5.74) is 5.38. The molecule has 0 aliphatic heterocycles. The van der Waals surface area contributed by atoms with Crippen LogP contribution in [0.1, 0.15) is 69.0 Å². The van der Waals surface area contributed by atoms with E-state index in [1.54, 1.807) is 6.20 Å². The zero-order chi connectivity index (χ0) is 28.7. The second kappa shape index (κ2) is 10.7. The SMILES string of the molecule is C#Cc1ccc2c(c1)[nH]c1c2c(=O)c2cc(CCCC)c(-c3cncc(OS(=O)(=O)F)c3)cc2n1C1CCCCC1. The predicted octanol–water partition coefficient (Wildman–Crippen LogP) is 7.12. The summed E-state index contributed by atoms with van der Waals surface area (Å²) in [7, 11) is -5.21. The van der Waals surface area contributed by atoms with Crippen molar-refractivity contribution in [2.45, 2.75) is 64.3 Å². The maximum Gasteiger partial charge on any atom is 0.488 e. The van der Waals surface area contributed by atoms with E-state index < -0.39 is 10.5 Å². The lowest BCUT2D eigenvalue weighted by Crippen LogP contribution is -2.18. The second-order valence-corrected chi connectivity index (χ2v) is 11.7. The number of aromatic nitrogens is 3. The van der Waals surface area contributed by atoms with Crippen molar-refractivity contribution in [2.24, 2.45) is 0 Å². The molecule has 0 unspecified atom stereocenters. The van der Waals surface area contributed by atoms with E-state index in [1.807, 2.05) is 30.3 Å². The van der Waals surface area contributed by atoms with E-state index in [9.17, 15) is 17.1 Å². The van der Waals surface area contributed by atoms with Gasteiger partial charge in [0.15, 0.2) is 11.2 Å². The Labute approximate surface area is 237 Å². The highest BCUT2D eigenvalue weighted by atomic mass is 32.3. The van der Waals surface area contributed by atoms with Gasteiger partial charge in [-0.15, -0.1) is 6.42 Å². The van der Waals surface area contributed by atoms with Crippen molar-refractivity contribution < 1.29 is 16.5 Å². The summed E-state index contributed by atoms with van der Waals surface area (Å²) in [5.74, 6) is 2.46. The third-order valence-electron chi connectivity index (χ3n) is 8.10. The zero-order valence-corrected chi connectivity index (χ0v) is 23.6. The Morgan fingerprint density at radius 2 is 1.93 bits per heavy atom. The zero-order valence-electron chi connectivity index (χ0n) is 22.7. The van der Waals surface area contributed by atoms with Crippen LogP contribution < -0.4 is 9.61 Å². The van der Waals surface area contributed by atoms with Crippen molar-refractivity contribution in [2.75, 3.05) is 0 Å². The van der Waals surface area contributed by atoms with E-state index in [-0.39, 0.29) is 17.2 Å². The third kappa shape index (κ3) is 5.08. The van der Waals surface area contributed by atoms with Gasteiger partial charge in [0.25, 0.3) is 0 Å². The number of rotatable bonds is 7. The van der Waals surface area contributed by atoms with Crippen molar-refractivity contribution in [1.29, 1.82) is 0 Å². The first-order chi connectivity index (χ1) is 19.8. The predicted molar refractivity (Wildman–Crippen MR) is 160 cm³/mol. The molecule has 7 nitrogen and oxygen atoms in total. The fourth-order valence-electron chi connectivity index (χ4n) is 6.24. The van der Waals surface area contributed by atoms with Gasteiger partial charge in [-0.25, -0.2) is 0 Å². The summed E-state index contributed by atoms with van der Waals surface area (Å²) in [6, 6.07) is 11.3. The summed E-state index contributed by atoms with van der Waals surface area (Å²) < 4.78 is 42.4. The number of aromatic amines is 1. The number of hydrogen-bond acceptors (Lipinski definition) is 5. The van der Waals surface area contributed by atoms with Crippen LogP contribution in [0, 0.1) is 12.3 Å². The molecular weight excluding hydrogens is 541 g/mol. The minimum atomic E-state index is -5.21. The van der Waals surface area contributed by atoms with Gasteiger partial charge >= 0.3 is 10.5 Å². The number of unbranched alkanes of at least 4 members (excludes halogenated alkanes) is 1. The molecule has 41 heavy (non-hydrogen) atoms. The number of aryl methyl sites for hydroxylation is 1. The van der Waals surface area contributed by atoms with Gasteiger partial charge in [-0.2, -0.15) is 8.42 Å². The standard InChI is InChI=1S/C32H30FN3O4S/c1-3-5-9-21-16-27-29(17-26(21)22-15-24(19-34-18-22)40-41(33,38)39)36(23-10-7-6-8-11-23)32-30(31(27)37)25-13-12-20(4-2)14-28(25)35-32/h2,12-19,23,35H,3,5-11H2,1H3. The number of fused-ring (bicyclic) bond motifs is 4. The summed E-state index contributed by atoms with van der Waals surface area (Å²) in [6.07, 6.45) is 16.3. The Bertz CT molecular complexity index is 2020. The van der Waals surface area contributed by atoms with Gasteiger partial charge in [0.1, 0.15) is 5.65 Å². The molecule has 0 atom stereocenters. The normalized spacial score (nSPS) is 14.6. The van der Waals surface area contributed by atoms with Crippen LogP contribution in [0.4, 0.5) is 3.89 Å². The Morgan fingerprint density at radius 1 is 1.12 bits per heavy atom. The molecule has 6 rings (SSSR count). The van der Waals surface area contributed by atoms with E-state index in [4.69, 9.17) is 6.42 Å². The number of nitrogens with zero attached hydrogens (tertiary/aromatic N) is 2. The highest BCUT2D eigenvalue weighted by molar-refractivity contribution is 7.81. The van der Waals surface area contributed by atoms with Crippen molar-refractivity contribution in [1.82, 2.24) is 14.5 Å². The average Bonchev–Trinajstić information content (AvgIpc) is 3.34. The Balaban J connectivity index is 1.69. The molecular formula is C32H30FN3O4S. The Morgan fingerprint density at radius 3 is 2.66 bits per heavy atom. The molecule has 1 aliphatic carbocycles. The molecule has 1 fully saturated rings. The highest BCUT2D eigenvalue weighted by Gasteiger charge is 2.24. The summed E-state index contributed by atoms with van der Waals surface area (Å²) in [5, 5.41) is 2.13. The number of nitrogens with one attached hydrogen (secondary N) is 1. The van der Waals surface area contributed by atoms with Gasteiger partial charge < -0.3 is 13.7 Å². The Hall–Kier alpha value is -4.16. The molecule has 3 aromatic heterocycles. The largest absolute Gasteiger partial charge is 0.488 e. The molecule has 0 bridgehead atoms. The van der Waals surface area contributed by atoms with Crippen molar-refractivity contribution in [3.63, 3.8) is 0 Å². The quantitative estimate of drug-likeness (QED) is 0.166. The highest BCUT2D eigenvalue weighted by Crippen LogP contribution is 2.38. The maximum absolute atomic E-state index is 14.2. The number of benzene rings is 2. The summed E-state index contributed by atoms with van der Waals surface area (Å²) in [6.45, 7) is 2.10. The molecule has 0 saturated heterocycles. The lowest BCUT2D eigenvalue weighted by molar-refractivity contribution is 0.365. The number of hydrogen-bond donors (Lipinski definition) is 1. The average molecular weight is 572 g/mol. The van der Waals surface area contributed by atoms with E-state index in [1.165, 1.54) is 12.5 Å². The second-order valence-electron chi connectivity index (χ2n) is 10.8.